The minimum Gasteiger partial charge on any atom is -0.493 e. The third-order valence-electron chi connectivity index (χ3n) is 4.92. The third-order valence-corrected chi connectivity index (χ3v) is 4.92. The van der Waals surface area contributed by atoms with Crippen molar-refractivity contribution in [1.29, 1.82) is 0 Å². The fourth-order valence-corrected chi connectivity index (χ4v) is 3.32. The average molecular weight is 378 g/mol. The van der Waals surface area contributed by atoms with Gasteiger partial charge >= 0.3 is 0 Å². The molecule has 144 valence electrons. The first kappa shape index (κ1) is 18.1. The maximum absolute atomic E-state index is 12.8. The molecule has 0 saturated carbocycles. The van der Waals surface area contributed by atoms with Gasteiger partial charge in [-0.3, -0.25) is 4.79 Å². The van der Waals surface area contributed by atoms with E-state index in [9.17, 15) is 4.79 Å². The van der Waals surface area contributed by atoms with Crippen molar-refractivity contribution in [3.8, 4) is 11.5 Å². The van der Waals surface area contributed by atoms with E-state index in [4.69, 9.17) is 14.0 Å². The molecular weight excluding hydrogens is 356 g/mol. The Hall–Kier alpha value is -3.28. The second-order valence-corrected chi connectivity index (χ2v) is 6.82. The second kappa shape index (κ2) is 7.76. The number of ether oxygens (including phenoxy) is 2. The number of hydrogen-bond acceptors (Lipinski definition) is 5. The minimum atomic E-state index is -0.135. The van der Waals surface area contributed by atoms with Crippen LogP contribution in [0.5, 0.6) is 11.5 Å². The van der Waals surface area contributed by atoms with Gasteiger partial charge in [0.15, 0.2) is 0 Å². The van der Waals surface area contributed by atoms with Crippen LogP contribution in [0, 0.1) is 13.8 Å². The van der Waals surface area contributed by atoms with Crippen molar-refractivity contribution < 1.29 is 18.8 Å². The van der Waals surface area contributed by atoms with Crippen molar-refractivity contribution in [3.05, 3.63) is 76.7 Å². The normalized spacial score (nSPS) is 15.4. The van der Waals surface area contributed by atoms with Crippen molar-refractivity contribution >= 4 is 5.91 Å². The topological polar surface area (TPSA) is 73.6 Å². The average Bonchev–Trinajstić information content (AvgIpc) is 3.04. The van der Waals surface area contributed by atoms with Crippen LogP contribution >= 0.6 is 0 Å². The van der Waals surface area contributed by atoms with E-state index in [0.717, 1.165) is 34.8 Å². The summed E-state index contributed by atoms with van der Waals surface area (Å²) in [4.78, 5) is 12.8. The van der Waals surface area contributed by atoms with Gasteiger partial charge in [0, 0.05) is 17.5 Å². The summed E-state index contributed by atoms with van der Waals surface area (Å²) in [5.74, 6) is 2.06. The van der Waals surface area contributed by atoms with Gasteiger partial charge in [-0.15, -0.1) is 0 Å². The first-order valence-corrected chi connectivity index (χ1v) is 9.29. The lowest BCUT2D eigenvalue weighted by Gasteiger charge is -2.26. The van der Waals surface area contributed by atoms with Crippen molar-refractivity contribution in [2.24, 2.45) is 0 Å². The highest BCUT2D eigenvalue weighted by atomic mass is 16.5. The number of hydrogen-bond donors (Lipinski definition) is 1. The smallest absolute Gasteiger partial charge is 0.251 e. The Labute approximate surface area is 163 Å². The van der Waals surface area contributed by atoms with Crippen LogP contribution in [0.25, 0.3) is 0 Å². The van der Waals surface area contributed by atoms with E-state index in [-0.39, 0.29) is 11.9 Å². The molecule has 1 aliphatic rings. The summed E-state index contributed by atoms with van der Waals surface area (Å²) >= 11 is 0. The first-order chi connectivity index (χ1) is 13.6. The van der Waals surface area contributed by atoms with Crippen LogP contribution in [0.4, 0.5) is 0 Å². The Morgan fingerprint density at radius 3 is 2.89 bits per heavy atom. The van der Waals surface area contributed by atoms with E-state index < -0.39 is 0 Å². The molecular formula is C22H22N2O4. The lowest BCUT2D eigenvalue weighted by molar-refractivity contribution is 0.0924. The van der Waals surface area contributed by atoms with Gasteiger partial charge in [0.25, 0.3) is 5.91 Å². The monoisotopic (exact) mass is 378 g/mol. The van der Waals surface area contributed by atoms with E-state index in [1.165, 1.54) is 0 Å². The SMILES string of the molecule is Cc1noc(C)c1COc1cccc(C(=O)N[C@@H]2CCOc3ccccc32)c1. The molecule has 0 spiro atoms. The Bertz CT molecular complexity index is 976. The standard InChI is InChI=1S/C22H22N2O4/c1-14-19(15(2)28-24-14)13-27-17-7-5-6-16(12-17)22(25)23-20-10-11-26-21-9-4-3-8-18(20)21/h3-9,12,20H,10-11,13H2,1-2H3,(H,23,25)/t20-/m1/s1. The molecule has 1 aliphatic heterocycles. The van der Waals surface area contributed by atoms with E-state index in [0.29, 0.717) is 24.5 Å². The molecule has 6 nitrogen and oxygen atoms in total. The summed E-state index contributed by atoms with van der Waals surface area (Å²) in [5, 5.41) is 7.04. The summed E-state index contributed by atoms with van der Waals surface area (Å²) < 4.78 is 16.7. The first-order valence-electron chi connectivity index (χ1n) is 9.29. The predicted molar refractivity (Wildman–Crippen MR) is 104 cm³/mol. The Morgan fingerprint density at radius 1 is 1.21 bits per heavy atom. The maximum atomic E-state index is 12.8. The zero-order valence-corrected chi connectivity index (χ0v) is 15.9. The van der Waals surface area contributed by atoms with Gasteiger partial charge in [-0.1, -0.05) is 29.4 Å². The van der Waals surface area contributed by atoms with Crippen molar-refractivity contribution in [2.45, 2.75) is 32.9 Å². The summed E-state index contributed by atoms with van der Waals surface area (Å²) in [6, 6.07) is 14.9. The largest absolute Gasteiger partial charge is 0.493 e. The molecule has 28 heavy (non-hydrogen) atoms. The number of rotatable bonds is 5. The van der Waals surface area contributed by atoms with Gasteiger partial charge < -0.3 is 19.3 Å². The lowest BCUT2D eigenvalue weighted by atomic mass is 10.00. The molecule has 6 heteroatoms. The van der Waals surface area contributed by atoms with Crippen LogP contribution in [-0.2, 0) is 6.61 Å². The predicted octanol–water partition coefficient (Wildman–Crippen LogP) is 4.12. The highest BCUT2D eigenvalue weighted by Gasteiger charge is 2.23. The van der Waals surface area contributed by atoms with Crippen molar-refractivity contribution in [1.82, 2.24) is 10.5 Å². The van der Waals surface area contributed by atoms with Gasteiger partial charge in [0.05, 0.1) is 23.9 Å². The third kappa shape index (κ3) is 3.71. The summed E-state index contributed by atoms with van der Waals surface area (Å²) in [5.41, 5.74) is 3.30. The lowest BCUT2D eigenvalue weighted by Crippen LogP contribution is -2.32. The molecule has 1 amide bonds. The van der Waals surface area contributed by atoms with Gasteiger partial charge in [0.2, 0.25) is 0 Å². The number of benzene rings is 2. The fourth-order valence-electron chi connectivity index (χ4n) is 3.32. The molecule has 0 unspecified atom stereocenters. The van der Waals surface area contributed by atoms with Crippen LogP contribution < -0.4 is 14.8 Å². The number of aromatic nitrogens is 1. The Kier molecular flexibility index (Phi) is 5.02. The Balaban J connectivity index is 1.45. The molecule has 0 bridgehead atoms. The molecule has 1 atom stereocenters. The van der Waals surface area contributed by atoms with Gasteiger partial charge in [-0.25, -0.2) is 0 Å². The maximum Gasteiger partial charge on any atom is 0.251 e. The van der Waals surface area contributed by atoms with Gasteiger partial charge in [-0.05, 0) is 38.1 Å². The van der Waals surface area contributed by atoms with E-state index in [1.807, 2.05) is 50.2 Å². The molecule has 3 aromatic rings. The number of carbonyl (C=O) groups excluding carboxylic acids is 1. The van der Waals surface area contributed by atoms with Gasteiger partial charge in [0.1, 0.15) is 23.9 Å². The highest BCUT2D eigenvalue weighted by Crippen LogP contribution is 2.31. The number of para-hydroxylation sites is 1. The zero-order chi connectivity index (χ0) is 19.5. The number of fused-ring (bicyclic) bond motifs is 1. The van der Waals surface area contributed by atoms with Crippen LogP contribution in [0.15, 0.2) is 53.1 Å². The Morgan fingerprint density at radius 2 is 2.07 bits per heavy atom. The summed E-state index contributed by atoms with van der Waals surface area (Å²) in [6.45, 7) is 4.67. The number of nitrogens with zero attached hydrogens (tertiary/aromatic N) is 1. The minimum absolute atomic E-state index is 0.0654. The summed E-state index contributed by atoms with van der Waals surface area (Å²) in [6.07, 6.45) is 0.741. The van der Waals surface area contributed by atoms with E-state index in [2.05, 4.69) is 10.5 Å². The molecule has 1 N–H and O–H groups in total. The number of aryl methyl sites for hydroxylation is 2. The molecule has 2 heterocycles. The molecule has 4 rings (SSSR count). The number of carbonyl (C=O) groups is 1. The molecule has 1 aromatic heterocycles. The van der Waals surface area contributed by atoms with E-state index >= 15 is 0 Å². The van der Waals surface area contributed by atoms with Crippen molar-refractivity contribution in [3.63, 3.8) is 0 Å². The van der Waals surface area contributed by atoms with Crippen LogP contribution in [0.3, 0.4) is 0 Å². The molecule has 0 radical (unpaired) electrons. The molecule has 0 fully saturated rings. The number of amides is 1. The van der Waals surface area contributed by atoms with Crippen LogP contribution in [-0.4, -0.2) is 17.7 Å². The molecule has 2 aromatic carbocycles. The van der Waals surface area contributed by atoms with Crippen molar-refractivity contribution in [2.75, 3.05) is 6.61 Å². The second-order valence-electron chi connectivity index (χ2n) is 6.82. The van der Waals surface area contributed by atoms with Crippen LogP contribution in [0.2, 0.25) is 0 Å². The number of nitrogens with one attached hydrogen (secondary N) is 1. The quantitative estimate of drug-likeness (QED) is 0.723. The zero-order valence-electron chi connectivity index (χ0n) is 15.9. The molecule has 0 aliphatic carbocycles. The summed E-state index contributed by atoms with van der Waals surface area (Å²) in [7, 11) is 0. The van der Waals surface area contributed by atoms with Crippen LogP contribution in [0.1, 0.15) is 45.4 Å². The highest BCUT2D eigenvalue weighted by molar-refractivity contribution is 5.94. The fraction of sp³-hybridized carbons (Fsp3) is 0.273. The molecule has 0 saturated heterocycles. The van der Waals surface area contributed by atoms with Gasteiger partial charge in [-0.2, -0.15) is 0 Å². The van der Waals surface area contributed by atoms with E-state index in [1.54, 1.807) is 12.1 Å².